The van der Waals surface area contributed by atoms with E-state index in [2.05, 4.69) is 17.2 Å². The monoisotopic (exact) mass is 369 g/mol. The van der Waals surface area contributed by atoms with Crippen molar-refractivity contribution in [2.75, 3.05) is 13.7 Å². The summed E-state index contributed by atoms with van der Waals surface area (Å²) in [7, 11) is 1.31. The molecule has 0 fully saturated rings. The summed E-state index contributed by atoms with van der Waals surface area (Å²) < 4.78 is 19.5. The van der Waals surface area contributed by atoms with Gasteiger partial charge in [-0.25, -0.2) is 4.39 Å². The molecule has 2 aromatic rings. The molecule has 1 amide bonds. The van der Waals surface area contributed by atoms with Crippen molar-refractivity contribution in [3.05, 3.63) is 70.5 Å². The fraction of sp³-hybridized carbons (Fsp3) is 0.200. The molecular formula is C20H20FN3O3. The van der Waals surface area contributed by atoms with E-state index in [-0.39, 0.29) is 30.1 Å². The smallest absolute Gasteiger partial charge is 0.254 e. The number of rotatable bonds is 6. The molecule has 6 nitrogen and oxygen atoms in total. The number of benzene rings is 2. The maximum absolute atomic E-state index is 14.3. The van der Waals surface area contributed by atoms with Crippen molar-refractivity contribution in [2.45, 2.75) is 12.6 Å². The van der Waals surface area contributed by atoms with Crippen LogP contribution < -0.4 is 11.1 Å². The Morgan fingerprint density at radius 1 is 1.33 bits per heavy atom. The molecule has 1 atom stereocenters. The fourth-order valence-corrected chi connectivity index (χ4v) is 2.49. The number of amides is 1. The predicted octanol–water partition coefficient (Wildman–Crippen LogP) is 1.46. The van der Waals surface area contributed by atoms with Gasteiger partial charge in [0.1, 0.15) is 18.3 Å². The molecule has 0 heterocycles. The van der Waals surface area contributed by atoms with Crippen LogP contribution in [0.25, 0.3) is 0 Å². The highest BCUT2D eigenvalue weighted by molar-refractivity contribution is 5.94. The first-order valence-electron chi connectivity index (χ1n) is 8.10. The Bertz CT molecular complexity index is 886. The second-order valence-corrected chi connectivity index (χ2v) is 5.61. The molecule has 0 aromatic heterocycles. The summed E-state index contributed by atoms with van der Waals surface area (Å²) in [5, 5.41) is 18.9. The minimum atomic E-state index is -1.19. The van der Waals surface area contributed by atoms with E-state index in [1.807, 2.05) is 0 Å². The molecule has 2 aromatic carbocycles. The number of halogens is 1. The molecule has 0 aliphatic rings. The van der Waals surface area contributed by atoms with Gasteiger partial charge in [-0.1, -0.05) is 42.2 Å². The van der Waals surface area contributed by atoms with E-state index in [4.69, 9.17) is 21.0 Å². The number of methoxy groups -OCH3 is 1. The second kappa shape index (κ2) is 9.48. The molecule has 0 spiro atoms. The van der Waals surface area contributed by atoms with E-state index < -0.39 is 17.8 Å². The van der Waals surface area contributed by atoms with Crippen LogP contribution in [0.1, 0.15) is 28.4 Å². The van der Waals surface area contributed by atoms with Crippen molar-refractivity contribution in [3.63, 3.8) is 0 Å². The number of aliphatic hydroxyl groups excluding tert-OH is 1. The predicted molar refractivity (Wildman–Crippen MR) is 99.4 cm³/mol. The number of hydrogen-bond acceptors (Lipinski definition) is 4. The Morgan fingerprint density at radius 2 is 2.04 bits per heavy atom. The zero-order chi connectivity index (χ0) is 19.8. The standard InChI is InChI=1S/C20H20FN3O3/c1-27-18(17-14(5-3-11-25)4-2-6-16(17)21)20(26)24-12-13-7-9-15(10-8-13)19(22)23/h2,4,6-10,18,25H,11-12H2,1H3,(H3,22,23)(H,24,26). The molecule has 2 rings (SSSR count). The van der Waals surface area contributed by atoms with E-state index in [9.17, 15) is 9.18 Å². The Morgan fingerprint density at radius 3 is 2.63 bits per heavy atom. The Kier molecular flexibility index (Phi) is 7.06. The molecule has 140 valence electrons. The first-order chi connectivity index (χ1) is 13.0. The lowest BCUT2D eigenvalue weighted by molar-refractivity contribution is -0.131. The molecule has 0 aliphatic carbocycles. The quantitative estimate of drug-likeness (QED) is 0.351. The first-order valence-corrected chi connectivity index (χ1v) is 8.10. The average Bonchev–Trinajstić information content (AvgIpc) is 2.67. The van der Waals surface area contributed by atoms with Crippen LogP contribution in [0.15, 0.2) is 42.5 Å². The number of carbonyl (C=O) groups excluding carboxylic acids is 1. The lowest BCUT2D eigenvalue weighted by Crippen LogP contribution is -2.31. The van der Waals surface area contributed by atoms with Gasteiger partial charge < -0.3 is 20.9 Å². The number of ether oxygens (including phenoxy) is 1. The van der Waals surface area contributed by atoms with Crippen molar-refractivity contribution in [1.82, 2.24) is 5.32 Å². The third-order valence-corrected chi connectivity index (χ3v) is 3.82. The second-order valence-electron chi connectivity index (χ2n) is 5.61. The third kappa shape index (κ3) is 5.14. The summed E-state index contributed by atoms with van der Waals surface area (Å²) in [5.41, 5.74) is 7.07. The van der Waals surface area contributed by atoms with Crippen LogP contribution in [0.2, 0.25) is 0 Å². The number of nitrogen functional groups attached to an aromatic ring is 1. The molecule has 0 saturated heterocycles. The molecule has 5 N–H and O–H groups in total. The summed E-state index contributed by atoms with van der Waals surface area (Å²) >= 11 is 0. The average molecular weight is 369 g/mol. The molecule has 0 radical (unpaired) electrons. The van der Waals surface area contributed by atoms with Gasteiger partial charge in [-0.3, -0.25) is 10.2 Å². The number of hydrogen-bond donors (Lipinski definition) is 4. The van der Waals surface area contributed by atoms with Gasteiger partial charge in [-0.15, -0.1) is 0 Å². The SMILES string of the molecule is COC(C(=O)NCc1ccc(C(=N)N)cc1)c1c(F)cccc1C#CCO. The summed E-state index contributed by atoms with van der Waals surface area (Å²) in [6.07, 6.45) is -1.19. The first kappa shape index (κ1) is 20.1. The highest BCUT2D eigenvalue weighted by Gasteiger charge is 2.25. The summed E-state index contributed by atoms with van der Waals surface area (Å²) in [6.45, 7) is -0.182. The van der Waals surface area contributed by atoms with Crippen LogP contribution in [0.4, 0.5) is 4.39 Å². The van der Waals surface area contributed by atoms with Gasteiger partial charge in [-0.05, 0) is 17.7 Å². The minimum absolute atomic E-state index is 0.0189. The van der Waals surface area contributed by atoms with Crippen LogP contribution in [0.3, 0.4) is 0 Å². The van der Waals surface area contributed by atoms with Gasteiger partial charge in [0.25, 0.3) is 5.91 Å². The van der Waals surface area contributed by atoms with Crippen LogP contribution in [-0.4, -0.2) is 30.6 Å². The maximum atomic E-state index is 14.3. The van der Waals surface area contributed by atoms with Crippen molar-refractivity contribution in [1.29, 1.82) is 5.41 Å². The molecular weight excluding hydrogens is 349 g/mol. The third-order valence-electron chi connectivity index (χ3n) is 3.82. The number of nitrogens with one attached hydrogen (secondary N) is 2. The van der Waals surface area contributed by atoms with Crippen LogP contribution in [0, 0.1) is 23.1 Å². The molecule has 27 heavy (non-hydrogen) atoms. The minimum Gasteiger partial charge on any atom is -0.384 e. The highest BCUT2D eigenvalue weighted by Crippen LogP contribution is 2.24. The molecule has 1 unspecified atom stereocenters. The highest BCUT2D eigenvalue weighted by atomic mass is 19.1. The zero-order valence-corrected chi connectivity index (χ0v) is 14.8. The number of carbonyl (C=O) groups is 1. The van der Waals surface area contributed by atoms with Gasteiger partial charge in [0.15, 0.2) is 6.10 Å². The van der Waals surface area contributed by atoms with Gasteiger partial charge in [-0.2, -0.15) is 0 Å². The van der Waals surface area contributed by atoms with E-state index in [1.54, 1.807) is 30.3 Å². The normalized spacial score (nSPS) is 11.2. The molecule has 0 bridgehead atoms. The number of nitrogens with two attached hydrogens (primary N) is 1. The van der Waals surface area contributed by atoms with Crippen molar-refractivity contribution < 1.29 is 19.0 Å². The topological polar surface area (TPSA) is 108 Å². The van der Waals surface area contributed by atoms with Gasteiger partial charge in [0.05, 0.1) is 0 Å². The summed E-state index contributed by atoms with van der Waals surface area (Å²) in [6, 6.07) is 11.1. The fourth-order valence-electron chi connectivity index (χ4n) is 2.49. The Hall–Kier alpha value is -3.21. The van der Waals surface area contributed by atoms with Gasteiger partial charge >= 0.3 is 0 Å². The van der Waals surface area contributed by atoms with Crippen molar-refractivity contribution >= 4 is 11.7 Å². The lowest BCUT2D eigenvalue weighted by Gasteiger charge is -2.18. The zero-order valence-electron chi connectivity index (χ0n) is 14.8. The van der Waals surface area contributed by atoms with Crippen LogP contribution in [-0.2, 0) is 16.1 Å². The maximum Gasteiger partial charge on any atom is 0.254 e. The van der Waals surface area contributed by atoms with Gasteiger partial charge in [0.2, 0.25) is 0 Å². The van der Waals surface area contributed by atoms with Crippen molar-refractivity contribution in [2.24, 2.45) is 5.73 Å². The van der Waals surface area contributed by atoms with Crippen LogP contribution >= 0.6 is 0 Å². The number of amidine groups is 1. The van der Waals surface area contributed by atoms with E-state index in [1.165, 1.54) is 19.2 Å². The molecule has 7 heteroatoms. The van der Waals surface area contributed by atoms with E-state index >= 15 is 0 Å². The van der Waals surface area contributed by atoms with E-state index in [0.29, 0.717) is 5.56 Å². The van der Waals surface area contributed by atoms with E-state index in [0.717, 1.165) is 5.56 Å². The summed E-state index contributed by atoms with van der Waals surface area (Å²) in [4.78, 5) is 12.5. The number of aliphatic hydroxyl groups is 1. The molecule has 0 saturated carbocycles. The summed E-state index contributed by atoms with van der Waals surface area (Å²) in [5.74, 6) is 3.90. The van der Waals surface area contributed by atoms with Crippen LogP contribution in [0.5, 0.6) is 0 Å². The van der Waals surface area contributed by atoms with Gasteiger partial charge in [0, 0.05) is 30.3 Å². The Balaban J connectivity index is 2.18. The van der Waals surface area contributed by atoms with Crippen molar-refractivity contribution in [3.8, 4) is 11.8 Å². The lowest BCUT2D eigenvalue weighted by atomic mass is 10.0. The Labute approximate surface area is 156 Å². The largest absolute Gasteiger partial charge is 0.384 e. The molecule has 0 aliphatic heterocycles.